The average Bonchev–Trinajstić information content (AvgIpc) is 3.43. The van der Waals surface area contributed by atoms with Crippen molar-refractivity contribution >= 4 is 43.6 Å². The Balaban J connectivity index is 1.66. The molecule has 4 aromatic carbocycles. The molecular formula is C28H20ClN3O3S2. The maximum Gasteiger partial charge on any atom is 0.217 e. The maximum absolute atomic E-state index is 13.3. The van der Waals surface area contributed by atoms with Crippen LogP contribution in [0.15, 0.2) is 130 Å². The van der Waals surface area contributed by atoms with Crippen LogP contribution in [0.3, 0.4) is 0 Å². The Bertz CT molecular complexity index is 1600. The van der Waals surface area contributed by atoms with Gasteiger partial charge in [-0.05, 0) is 46.6 Å². The lowest BCUT2D eigenvalue weighted by atomic mass is 9.77. The molecule has 0 aliphatic rings. The van der Waals surface area contributed by atoms with Crippen molar-refractivity contribution in [1.29, 1.82) is 0 Å². The minimum atomic E-state index is -3.85. The van der Waals surface area contributed by atoms with E-state index in [-0.39, 0.29) is 14.8 Å². The van der Waals surface area contributed by atoms with Gasteiger partial charge in [0.15, 0.2) is 5.13 Å². The molecule has 9 heteroatoms. The van der Waals surface area contributed by atoms with Gasteiger partial charge in [0, 0.05) is 10.6 Å². The topological polar surface area (TPSA) is 88.5 Å². The third-order valence-electron chi connectivity index (χ3n) is 5.99. The van der Waals surface area contributed by atoms with Crippen molar-refractivity contribution < 1.29 is 8.42 Å². The molecule has 0 aliphatic heterocycles. The molecule has 6 nitrogen and oxygen atoms in total. The van der Waals surface area contributed by atoms with Crippen LogP contribution in [-0.2, 0) is 15.4 Å². The molecule has 0 fully saturated rings. The summed E-state index contributed by atoms with van der Waals surface area (Å²) in [5.41, 5.74) is 1.81. The standard InChI is InChI=1S/C28H20ClN3O3S2/c29-25-14-8-7-13-24(25)28(20-9-3-1-4-10-20,21-11-5-2-6-12-21)31-27-30-19-26(36-27)37(34,35)23-17-15-22(32-33)16-18-23/h1-19H,(H,30,31). The van der Waals surface area contributed by atoms with Crippen molar-refractivity contribution in [2.24, 2.45) is 5.18 Å². The van der Waals surface area contributed by atoms with Crippen LogP contribution in [0.1, 0.15) is 16.7 Å². The molecule has 37 heavy (non-hydrogen) atoms. The van der Waals surface area contributed by atoms with Crippen molar-refractivity contribution in [2.45, 2.75) is 14.6 Å². The molecule has 1 N–H and O–H groups in total. The van der Waals surface area contributed by atoms with E-state index in [1.807, 2.05) is 84.9 Å². The van der Waals surface area contributed by atoms with Gasteiger partial charge in [0.1, 0.15) is 15.4 Å². The fraction of sp³-hybridized carbons (Fsp3) is 0.0357. The Kier molecular flexibility index (Phi) is 6.88. The van der Waals surface area contributed by atoms with Crippen LogP contribution in [0.2, 0.25) is 5.02 Å². The zero-order chi connectivity index (χ0) is 25.9. The lowest BCUT2D eigenvalue weighted by Crippen LogP contribution is -2.38. The van der Waals surface area contributed by atoms with Crippen LogP contribution in [0.25, 0.3) is 0 Å². The van der Waals surface area contributed by atoms with Gasteiger partial charge in [-0.1, -0.05) is 102 Å². The van der Waals surface area contributed by atoms with E-state index >= 15 is 0 Å². The van der Waals surface area contributed by atoms with Crippen LogP contribution in [0.5, 0.6) is 0 Å². The molecule has 5 rings (SSSR count). The molecular weight excluding hydrogens is 526 g/mol. The zero-order valence-electron chi connectivity index (χ0n) is 19.3. The van der Waals surface area contributed by atoms with E-state index in [0.717, 1.165) is 28.0 Å². The van der Waals surface area contributed by atoms with Gasteiger partial charge in [0.05, 0.1) is 11.1 Å². The Hall–Kier alpha value is -3.85. The Morgan fingerprint density at radius 2 is 1.35 bits per heavy atom. The lowest BCUT2D eigenvalue weighted by molar-refractivity contribution is 0.598. The fourth-order valence-electron chi connectivity index (χ4n) is 4.24. The van der Waals surface area contributed by atoms with Gasteiger partial charge < -0.3 is 5.32 Å². The molecule has 0 aliphatic carbocycles. The van der Waals surface area contributed by atoms with Crippen molar-refractivity contribution in [3.8, 4) is 0 Å². The predicted octanol–water partition coefficient (Wildman–Crippen LogP) is 7.43. The number of rotatable bonds is 8. The summed E-state index contributed by atoms with van der Waals surface area (Å²) in [6.45, 7) is 0. The molecule has 0 unspecified atom stereocenters. The van der Waals surface area contributed by atoms with E-state index in [4.69, 9.17) is 11.6 Å². The molecule has 0 radical (unpaired) electrons. The van der Waals surface area contributed by atoms with Crippen LogP contribution in [-0.4, -0.2) is 13.4 Å². The molecule has 0 saturated heterocycles. The monoisotopic (exact) mass is 545 g/mol. The molecule has 1 heterocycles. The summed E-state index contributed by atoms with van der Waals surface area (Å²) in [4.78, 5) is 15.2. The van der Waals surface area contributed by atoms with Gasteiger partial charge in [-0.15, -0.1) is 4.91 Å². The highest BCUT2D eigenvalue weighted by molar-refractivity contribution is 7.93. The highest BCUT2D eigenvalue weighted by atomic mass is 35.5. The van der Waals surface area contributed by atoms with Crippen molar-refractivity contribution in [3.05, 3.63) is 142 Å². The summed E-state index contributed by atoms with van der Waals surface area (Å²) in [5.74, 6) is 0. The molecule has 0 atom stereocenters. The number of nitrogens with zero attached hydrogens (tertiary/aromatic N) is 2. The van der Waals surface area contributed by atoms with E-state index in [1.54, 1.807) is 0 Å². The molecule has 184 valence electrons. The number of benzene rings is 4. The first-order valence-electron chi connectivity index (χ1n) is 11.2. The minimum Gasteiger partial charge on any atom is -0.344 e. The van der Waals surface area contributed by atoms with E-state index in [9.17, 15) is 13.3 Å². The highest BCUT2D eigenvalue weighted by Crippen LogP contribution is 2.44. The van der Waals surface area contributed by atoms with Gasteiger partial charge in [-0.25, -0.2) is 13.4 Å². The van der Waals surface area contributed by atoms with Gasteiger partial charge in [0.2, 0.25) is 9.84 Å². The van der Waals surface area contributed by atoms with E-state index < -0.39 is 15.4 Å². The van der Waals surface area contributed by atoms with Gasteiger partial charge in [0.25, 0.3) is 0 Å². The summed E-state index contributed by atoms with van der Waals surface area (Å²) in [5, 5.41) is 7.33. The van der Waals surface area contributed by atoms with Crippen LogP contribution in [0, 0.1) is 4.91 Å². The second-order valence-electron chi connectivity index (χ2n) is 8.16. The number of anilines is 1. The SMILES string of the molecule is O=Nc1ccc(S(=O)(=O)c2cnc(NC(c3ccccc3)(c3ccccc3)c3ccccc3Cl)s2)cc1. The third kappa shape index (κ3) is 4.67. The molecule has 0 amide bonds. The second kappa shape index (κ2) is 10.3. The molecule has 0 bridgehead atoms. The number of nitroso groups, excluding NO2 is 1. The number of halogens is 1. The van der Waals surface area contributed by atoms with Crippen molar-refractivity contribution in [1.82, 2.24) is 4.98 Å². The first-order valence-corrected chi connectivity index (χ1v) is 13.9. The van der Waals surface area contributed by atoms with Crippen LogP contribution in [0.4, 0.5) is 10.8 Å². The lowest BCUT2D eigenvalue weighted by Gasteiger charge is -2.37. The first kappa shape index (κ1) is 24.8. The highest BCUT2D eigenvalue weighted by Gasteiger charge is 2.39. The van der Waals surface area contributed by atoms with E-state index in [0.29, 0.717) is 10.2 Å². The molecule has 0 saturated carbocycles. The second-order valence-corrected chi connectivity index (χ2v) is 11.8. The Labute approximate surface area is 223 Å². The summed E-state index contributed by atoms with van der Waals surface area (Å²) in [7, 11) is -3.85. The van der Waals surface area contributed by atoms with E-state index in [1.165, 1.54) is 30.5 Å². The summed E-state index contributed by atoms with van der Waals surface area (Å²) < 4.78 is 26.6. The fourth-order valence-corrected chi connectivity index (χ4v) is 7.00. The summed E-state index contributed by atoms with van der Waals surface area (Å²) >= 11 is 7.80. The number of aromatic nitrogens is 1. The normalized spacial score (nSPS) is 11.7. The van der Waals surface area contributed by atoms with E-state index in [2.05, 4.69) is 15.5 Å². The number of hydrogen-bond acceptors (Lipinski definition) is 7. The Morgan fingerprint density at radius 3 is 1.92 bits per heavy atom. The van der Waals surface area contributed by atoms with Gasteiger partial charge in [-0.3, -0.25) is 0 Å². The summed E-state index contributed by atoms with van der Waals surface area (Å²) in [6.07, 6.45) is 1.33. The van der Waals surface area contributed by atoms with Gasteiger partial charge >= 0.3 is 0 Å². The van der Waals surface area contributed by atoms with Crippen molar-refractivity contribution in [3.63, 3.8) is 0 Å². The quantitative estimate of drug-likeness (QED) is 0.162. The van der Waals surface area contributed by atoms with Crippen LogP contribution < -0.4 is 5.32 Å². The van der Waals surface area contributed by atoms with Gasteiger partial charge in [-0.2, -0.15) is 0 Å². The predicted molar refractivity (Wildman–Crippen MR) is 147 cm³/mol. The maximum atomic E-state index is 13.3. The number of sulfone groups is 1. The number of thiazole rings is 1. The zero-order valence-corrected chi connectivity index (χ0v) is 21.7. The molecule has 0 spiro atoms. The summed E-state index contributed by atoms with van der Waals surface area (Å²) in [6, 6.07) is 32.7. The van der Waals surface area contributed by atoms with Crippen molar-refractivity contribution in [2.75, 3.05) is 5.32 Å². The molecule has 1 aromatic heterocycles. The largest absolute Gasteiger partial charge is 0.344 e. The third-order valence-corrected chi connectivity index (χ3v) is 9.46. The first-order chi connectivity index (χ1) is 17.9. The Morgan fingerprint density at radius 1 is 0.784 bits per heavy atom. The minimum absolute atomic E-state index is 0.0542. The average molecular weight is 546 g/mol. The smallest absolute Gasteiger partial charge is 0.217 e. The number of nitrogens with one attached hydrogen (secondary N) is 1. The van der Waals surface area contributed by atoms with Crippen LogP contribution >= 0.6 is 22.9 Å². The number of hydrogen-bond donors (Lipinski definition) is 1. The molecule has 5 aromatic rings.